The number of ether oxygens (including phenoxy) is 4. The number of aliphatic hydroxyl groups is 10. The number of aliphatic carboxylic acids is 1. The highest BCUT2D eigenvalue weighted by Crippen LogP contribution is 2.38. The molecule has 65 heavy (non-hydrogen) atoms. The average molecular weight is 924 g/mol. The van der Waals surface area contributed by atoms with Crippen LogP contribution >= 0.6 is 0 Å². The summed E-state index contributed by atoms with van der Waals surface area (Å²) in [5.41, 5.74) is 6.02. The number of fused-ring (bicyclic) bond motifs is 2. The Labute approximate surface area is 381 Å². The number of nitrogens with two attached hydrogens (primary N) is 1. The van der Waals surface area contributed by atoms with Crippen molar-refractivity contribution in [3.8, 4) is 0 Å². The minimum Gasteiger partial charge on any atom is -0.481 e. The molecule has 3 heterocycles. The number of hydrogen-bond acceptors (Lipinski definition) is 17. The number of cyclic esters (lactones) is 1. The Morgan fingerprint density at radius 3 is 1.82 bits per heavy atom. The van der Waals surface area contributed by atoms with Gasteiger partial charge in [0, 0.05) is 37.5 Å². The van der Waals surface area contributed by atoms with Crippen molar-refractivity contribution >= 4 is 11.9 Å². The fraction of sp³-hybridized carbons (Fsp3) is 0.660. The third kappa shape index (κ3) is 18.6. The Balaban J connectivity index is 1.86. The van der Waals surface area contributed by atoms with E-state index in [1.807, 2.05) is 19.1 Å². The molecule has 13 N–H and O–H groups in total. The van der Waals surface area contributed by atoms with Crippen LogP contribution in [0.25, 0.3) is 0 Å². The molecule has 3 unspecified atom stereocenters. The summed E-state index contributed by atoms with van der Waals surface area (Å²) < 4.78 is 23.1. The lowest BCUT2D eigenvalue weighted by molar-refractivity contribution is -0.308. The zero-order chi connectivity index (χ0) is 48.4. The monoisotopic (exact) mass is 923 g/mol. The summed E-state index contributed by atoms with van der Waals surface area (Å²) >= 11 is 0. The first-order valence-corrected chi connectivity index (χ1v) is 22.3. The maximum absolute atomic E-state index is 12.6. The molecule has 3 aliphatic rings. The van der Waals surface area contributed by atoms with Crippen LogP contribution in [-0.2, 0) is 28.5 Å². The number of carboxylic acids is 1. The molecule has 0 radical (unpaired) electrons. The van der Waals surface area contributed by atoms with Crippen LogP contribution in [0.1, 0.15) is 79.1 Å². The number of allylic oxidation sites excluding steroid dienone is 12. The van der Waals surface area contributed by atoms with E-state index in [-0.39, 0.29) is 31.6 Å². The first kappa shape index (κ1) is 55.9. The summed E-state index contributed by atoms with van der Waals surface area (Å²) in [5, 5.41) is 118. The van der Waals surface area contributed by atoms with E-state index in [1.54, 1.807) is 80.7 Å². The summed E-state index contributed by atoms with van der Waals surface area (Å²) in [6.45, 7) is 6.74. The van der Waals surface area contributed by atoms with Gasteiger partial charge in [0.2, 0.25) is 0 Å². The molecule has 3 aliphatic heterocycles. The molecule has 0 aromatic carbocycles. The van der Waals surface area contributed by atoms with Crippen molar-refractivity contribution in [3.05, 3.63) is 85.1 Å². The van der Waals surface area contributed by atoms with Crippen molar-refractivity contribution in [3.63, 3.8) is 0 Å². The van der Waals surface area contributed by atoms with Crippen molar-refractivity contribution < 1.29 is 84.7 Å². The number of carboxylic acid groups (broad SMARTS) is 1. The molecule has 368 valence electrons. The van der Waals surface area contributed by atoms with Gasteiger partial charge in [0.25, 0.3) is 0 Å². The third-order valence-electron chi connectivity index (χ3n) is 12.0. The van der Waals surface area contributed by atoms with Crippen LogP contribution < -0.4 is 5.73 Å². The van der Waals surface area contributed by atoms with Crippen molar-refractivity contribution in [1.82, 2.24) is 0 Å². The topological polar surface area (TPSA) is 320 Å². The van der Waals surface area contributed by atoms with Gasteiger partial charge in [0.15, 0.2) is 12.1 Å². The van der Waals surface area contributed by atoms with Crippen LogP contribution in [0.3, 0.4) is 0 Å². The largest absolute Gasteiger partial charge is 0.481 e. The summed E-state index contributed by atoms with van der Waals surface area (Å²) in [6, 6.07) is -1.15. The number of rotatable bonds is 3. The number of aliphatic hydroxyl groups excluding tert-OH is 9. The van der Waals surface area contributed by atoms with Gasteiger partial charge in [-0.25, -0.2) is 0 Å². The van der Waals surface area contributed by atoms with Gasteiger partial charge in [-0.1, -0.05) is 98.9 Å². The van der Waals surface area contributed by atoms with E-state index in [1.165, 1.54) is 13.0 Å². The molecule has 2 bridgehead atoms. The second-order valence-corrected chi connectivity index (χ2v) is 17.6. The quantitative estimate of drug-likeness (QED) is 0.174. The Bertz CT molecular complexity index is 1670. The SMILES string of the molecule is C[C@@H]1[C@H](O)[C@@H](C)/C=C/C=C/C=C/C=C/C=C/C=C/C=C/C(OC2O[C@H](C)[C@@H](O)[C@H](N)[C@H]2O)C[C@@H]2O[C@](O)(C[C@@H](O)C[C@@H](O)[C@H](O)CC[C@@H](O)C[C@@H](O)CC(=O)O[C@H]1C)C[C@H](O)C2C(=O)O. The van der Waals surface area contributed by atoms with Crippen LogP contribution in [0.2, 0.25) is 0 Å². The van der Waals surface area contributed by atoms with Gasteiger partial charge in [0.1, 0.15) is 18.1 Å². The molecular weight excluding hydrogens is 851 g/mol. The summed E-state index contributed by atoms with van der Waals surface area (Å²) in [5.74, 6) is -6.83. The van der Waals surface area contributed by atoms with E-state index >= 15 is 0 Å². The lowest BCUT2D eigenvalue weighted by Crippen LogP contribution is -2.61. The smallest absolute Gasteiger partial charge is 0.311 e. The normalized spacial score (nSPS) is 45.5. The van der Waals surface area contributed by atoms with Crippen LogP contribution in [0.5, 0.6) is 0 Å². The van der Waals surface area contributed by atoms with Crippen molar-refractivity contribution in [1.29, 1.82) is 0 Å². The fourth-order valence-corrected chi connectivity index (χ4v) is 7.97. The highest BCUT2D eigenvalue weighted by Gasteiger charge is 2.51. The van der Waals surface area contributed by atoms with Gasteiger partial charge in [-0.15, -0.1) is 0 Å². The lowest BCUT2D eigenvalue weighted by Gasteiger charge is -2.45. The molecule has 0 aromatic rings. The highest BCUT2D eigenvalue weighted by molar-refractivity contribution is 5.71. The first-order chi connectivity index (χ1) is 30.6. The standard InChI is InChI=1S/C47H73NO17/c1-27-17-15-13-11-9-7-5-6-8-10-12-14-16-18-34(64-46-44(58)41(48)43(57)30(4)63-46)24-38-40(45(59)60)37(54)26-47(61,65-38)25-33(51)22-36(53)35(52)20-19-31(49)21-32(50)23-39(55)62-29(3)28(2)42(27)56/h5-18,27-38,40-44,46,49-54,56-58,61H,19-26,48H2,1-4H3,(H,59,60)/b6-5+,9-7+,10-8+,13-11+,14-12+,17-15+,18-16+/t27-,28-,29-,30+,31+,32+,33-,34?,35+,36+,37-,38-,40?,41-,42+,43+,44+,46?,47+/m0/s1. The van der Waals surface area contributed by atoms with E-state index in [2.05, 4.69) is 0 Å². The summed E-state index contributed by atoms with van der Waals surface area (Å²) in [7, 11) is 0. The molecule has 0 aliphatic carbocycles. The Kier molecular flexibility index (Phi) is 23.6. The van der Waals surface area contributed by atoms with Gasteiger partial charge in [0.05, 0.1) is 79.6 Å². The molecule has 19 atom stereocenters. The van der Waals surface area contributed by atoms with Crippen LogP contribution in [0.4, 0.5) is 0 Å². The summed E-state index contributed by atoms with van der Waals surface area (Å²) in [6.07, 6.45) is 3.46. The highest BCUT2D eigenvalue weighted by atomic mass is 16.7. The van der Waals surface area contributed by atoms with E-state index < -0.39 is 147 Å². The van der Waals surface area contributed by atoms with Gasteiger partial charge in [-0.3, -0.25) is 9.59 Å². The van der Waals surface area contributed by atoms with Crippen LogP contribution in [0, 0.1) is 17.8 Å². The van der Waals surface area contributed by atoms with Gasteiger partial charge in [-0.05, 0) is 33.1 Å². The van der Waals surface area contributed by atoms with Gasteiger partial charge >= 0.3 is 11.9 Å². The Hall–Kier alpha value is -3.44. The molecule has 0 spiro atoms. The zero-order valence-electron chi connectivity index (χ0n) is 37.6. The third-order valence-corrected chi connectivity index (χ3v) is 12.0. The average Bonchev–Trinajstić information content (AvgIpc) is 3.21. The van der Waals surface area contributed by atoms with Crippen LogP contribution in [0.15, 0.2) is 85.1 Å². The maximum Gasteiger partial charge on any atom is 0.311 e. The Morgan fingerprint density at radius 2 is 1.23 bits per heavy atom. The van der Waals surface area contributed by atoms with E-state index in [4.69, 9.17) is 24.7 Å². The second-order valence-electron chi connectivity index (χ2n) is 17.6. The maximum atomic E-state index is 12.6. The molecule has 0 aromatic heterocycles. The van der Waals surface area contributed by atoms with Gasteiger partial charge < -0.3 is 80.9 Å². The molecule has 2 saturated heterocycles. The fourth-order valence-electron chi connectivity index (χ4n) is 7.97. The Morgan fingerprint density at radius 1 is 0.662 bits per heavy atom. The molecule has 18 heteroatoms. The summed E-state index contributed by atoms with van der Waals surface area (Å²) in [4.78, 5) is 25.1. The van der Waals surface area contributed by atoms with E-state index in [0.29, 0.717) is 0 Å². The predicted octanol–water partition coefficient (Wildman–Crippen LogP) is 0.712. The van der Waals surface area contributed by atoms with E-state index in [9.17, 15) is 65.8 Å². The minimum atomic E-state index is -2.33. The molecule has 0 saturated carbocycles. The van der Waals surface area contributed by atoms with Crippen molar-refractivity contribution in [2.24, 2.45) is 23.5 Å². The van der Waals surface area contributed by atoms with Crippen molar-refractivity contribution in [2.75, 3.05) is 0 Å². The van der Waals surface area contributed by atoms with Crippen molar-refractivity contribution in [2.45, 2.75) is 177 Å². The first-order valence-electron chi connectivity index (χ1n) is 22.3. The number of hydrogen-bond donors (Lipinski definition) is 12. The van der Waals surface area contributed by atoms with Crippen LogP contribution in [-0.4, -0.2) is 166 Å². The minimum absolute atomic E-state index is 0.107. The molecule has 2 fully saturated rings. The molecular formula is C47H73NO17. The molecule has 0 amide bonds. The predicted molar refractivity (Wildman–Crippen MR) is 237 cm³/mol. The zero-order valence-corrected chi connectivity index (χ0v) is 37.6. The lowest BCUT2D eigenvalue weighted by atomic mass is 9.82. The molecule has 18 nitrogen and oxygen atoms in total. The number of esters is 1. The number of carbonyl (C=O) groups excluding carboxylic acids is 1. The van der Waals surface area contributed by atoms with Gasteiger partial charge in [-0.2, -0.15) is 0 Å². The molecule has 3 rings (SSSR count). The number of carbonyl (C=O) groups is 2. The van der Waals surface area contributed by atoms with E-state index in [0.717, 1.165) is 0 Å². The second kappa shape index (κ2) is 27.4.